The molecule has 2 aliphatic carbocycles. The summed E-state index contributed by atoms with van der Waals surface area (Å²) in [4.78, 5) is 0. The maximum absolute atomic E-state index is 14.4. The monoisotopic (exact) mass is 276 g/mol. The minimum Gasteiger partial charge on any atom is -0.244 e. The summed E-state index contributed by atoms with van der Waals surface area (Å²) < 4.78 is 43.2. The number of fused-ring (bicyclic) bond motifs is 1. The molecular weight excluding hydrogens is 249 g/mol. The maximum Gasteiger partial charge on any atom is 0.254 e. The zero-order chi connectivity index (χ0) is 14.9. The summed E-state index contributed by atoms with van der Waals surface area (Å²) in [7, 11) is 0. The van der Waals surface area contributed by atoms with Crippen molar-refractivity contribution in [3.8, 4) is 0 Å². The van der Waals surface area contributed by atoms with E-state index in [0.717, 1.165) is 12.8 Å². The maximum atomic E-state index is 14.4. The van der Waals surface area contributed by atoms with Gasteiger partial charge in [0.25, 0.3) is 5.92 Å². The molecule has 0 N–H and O–H groups in total. The normalized spacial score (nSPS) is 45.0. The lowest BCUT2D eigenvalue weighted by Gasteiger charge is -2.52. The van der Waals surface area contributed by atoms with Crippen molar-refractivity contribution in [2.24, 2.45) is 28.6 Å². The summed E-state index contributed by atoms with van der Waals surface area (Å²) in [5, 5.41) is 0. The Kier molecular flexibility index (Phi) is 3.13. The average molecular weight is 276 g/mol. The molecule has 2 rings (SSSR count). The Morgan fingerprint density at radius 1 is 1.11 bits per heavy atom. The Morgan fingerprint density at radius 3 is 2.11 bits per heavy atom. The first-order valence-corrected chi connectivity index (χ1v) is 7.39. The zero-order valence-corrected chi connectivity index (χ0v) is 13.0. The first-order chi connectivity index (χ1) is 8.32. The standard InChI is InChI=1S/C16H27F3/c1-10-13(2,3)8-7-11-12(14(4,5)17)16(18,19)9-15(10,11)6/h10-12H,7-9H2,1-6H3. The van der Waals surface area contributed by atoms with E-state index in [1.54, 1.807) is 0 Å². The molecule has 3 heteroatoms. The van der Waals surface area contributed by atoms with Crippen molar-refractivity contribution in [2.75, 3.05) is 0 Å². The molecule has 4 unspecified atom stereocenters. The number of hydrogen-bond acceptors (Lipinski definition) is 0. The smallest absolute Gasteiger partial charge is 0.244 e. The first kappa shape index (κ1) is 15.2. The van der Waals surface area contributed by atoms with Gasteiger partial charge in [0.05, 0.1) is 5.92 Å². The van der Waals surface area contributed by atoms with Gasteiger partial charge < -0.3 is 0 Å². The molecular formula is C16H27F3. The van der Waals surface area contributed by atoms with Crippen LogP contribution in [0.3, 0.4) is 0 Å². The Hall–Kier alpha value is -0.210. The van der Waals surface area contributed by atoms with Crippen LogP contribution in [0.25, 0.3) is 0 Å². The Balaban J connectivity index is 2.45. The van der Waals surface area contributed by atoms with Gasteiger partial charge in [-0.2, -0.15) is 0 Å². The Labute approximate surface area is 115 Å². The quantitative estimate of drug-likeness (QED) is 0.596. The molecule has 2 fully saturated rings. The second-order valence-corrected chi connectivity index (χ2v) is 8.34. The summed E-state index contributed by atoms with van der Waals surface area (Å²) in [6.45, 7) is 11.0. The number of alkyl halides is 3. The van der Waals surface area contributed by atoms with Crippen LogP contribution in [0.15, 0.2) is 0 Å². The van der Waals surface area contributed by atoms with E-state index in [0.29, 0.717) is 0 Å². The van der Waals surface area contributed by atoms with Crippen molar-refractivity contribution < 1.29 is 13.2 Å². The SMILES string of the molecule is CC1C(C)(C)CCC2C(C(C)(C)F)C(F)(F)CC21C. The molecule has 0 amide bonds. The van der Waals surface area contributed by atoms with E-state index in [-0.39, 0.29) is 23.7 Å². The van der Waals surface area contributed by atoms with E-state index < -0.39 is 22.9 Å². The summed E-state index contributed by atoms with van der Waals surface area (Å²) in [6, 6.07) is 0. The topological polar surface area (TPSA) is 0 Å². The second kappa shape index (κ2) is 3.92. The van der Waals surface area contributed by atoms with Gasteiger partial charge in [0.2, 0.25) is 0 Å². The third-order valence-corrected chi connectivity index (χ3v) is 6.32. The highest BCUT2D eigenvalue weighted by Gasteiger charge is 2.68. The van der Waals surface area contributed by atoms with Crippen LogP contribution in [0, 0.1) is 28.6 Å². The highest BCUT2D eigenvalue weighted by molar-refractivity contribution is 5.12. The predicted octanol–water partition coefficient (Wildman–Crippen LogP) is 5.47. The van der Waals surface area contributed by atoms with Crippen LogP contribution in [0.4, 0.5) is 13.2 Å². The van der Waals surface area contributed by atoms with Gasteiger partial charge in [-0.05, 0) is 49.4 Å². The summed E-state index contributed by atoms with van der Waals surface area (Å²) in [5.41, 5.74) is -2.19. The van der Waals surface area contributed by atoms with Gasteiger partial charge in [0.1, 0.15) is 5.67 Å². The Morgan fingerprint density at radius 2 is 1.63 bits per heavy atom. The van der Waals surface area contributed by atoms with Crippen LogP contribution in [0.5, 0.6) is 0 Å². The molecule has 0 radical (unpaired) electrons. The molecule has 0 nitrogen and oxygen atoms in total. The molecule has 2 saturated carbocycles. The van der Waals surface area contributed by atoms with E-state index in [1.165, 1.54) is 13.8 Å². The van der Waals surface area contributed by atoms with Gasteiger partial charge in [-0.15, -0.1) is 0 Å². The Bertz CT molecular complexity index is 367. The second-order valence-electron chi connectivity index (χ2n) is 8.34. The largest absolute Gasteiger partial charge is 0.254 e. The van der Waals surface area contributed by atoms with E-state index in [9.17, 15) is 13.2 Å². The molecule has 0 aliphatic heterocycles. The lowest BCUT2D eigenvalue weighted by Crippen LogP contribution is -2.47. The molecule has 0 heterocycles. The van der Waals surface area contributed by atoms with Crippen LogP contribution in [0.2, 0.25) is 0 Å². The van der Waals surface area contributed by atoms with Gasteiger partial charge >= 0.3 is 0 Å². The third-order valence-electron chi connectivity index (χ3n) is 6.32. The molecule has 19 heavy (non-hydrogen) atoms. The van der Waals surface area contributed by atoms with Crippen LogP contribution in [0.1, 0.15) is 60.8 Å². The van der Waals surface area contributed by atoms with Crippen molar-refractivity contribution in [1.82, 2.24) is 0 Å². The highest BCUT2D eigenvalue weighted by Crippen LogP contribution is 2.68. The van der Waals surface area contributed by atoms with E-state index in [2.05, 4.69) is 20.8 Å². The van der Waals surface area contributed by atoms with Gasteiger partial charge in [-0.3, -0.25) is 0 Å². The lowest BCUT2D eigenvalue weighted by molar-refractivity contribution is -0.104. The molecule has 112 valence electrons. The van der Waals surface area contributed by atoms with Crippen LogP contribution >= 0.6 is 0 Å². The number of rotatable bonds is 1. The fourth-order valence-electron chi connectivity index (χ4n) is 5.01. The molecule has 0 aromatic carbocycles. The zero-order valence-electron chi connectivity index (χ0n) is 13.0. The van der Waals surface area contributed by atoms with Crippen molar-refractivity contribution >= 4 is 0 Å². The molecule has 0 saturated heterocycles. The van der Waals surface area contributed by atoms with Crippen molar-refractivity contribution in [3.63, 3.8) is 0 Å². The average Bonchev–Trinajstić information content (AvgIpc) is 2.39. The number of hydrogen-bond donors (Lipinski definition) is 0. The van der Waals surface area contributed by atoms with Crippen molar-refractivity contribution in [2.45, 2.75) is 72.4 Å². The lowest BCUT2D eigenvalue weighted by atomic mass is 9.52. The summed E-state index contributed by atoms with van der Waals surface area (Å²) >= 11 is 0. The van der Waals surface area contributed by atoms with Gasteiger partial charge in [0.15, 0.2) is 0 Å². The molecule has 0 aromatic rings. The molecule has 4 atom stereocenters. The third kappa shape index (κ3) is 2.12. The van der Waals surface area contributed by atoms with Gasteiger partial charge in [-0.25, -0.2) is 13.2 Å². The van der Waals surface area contributed by atoms with E-state index in [4.69, 9.17) is 0 Å². The summed E-state index contributed by atoms with van der Waals surface area (Å²) in [5.74, 6) is -4.03. The van der Waals surface area contributed by atoms with Gasteiger partial charge in [0, 0.05) is 6.42 Å². The molecule has 0 bridgehead atoms. The van der Waals surface area contributed by atoms with E-state index >= 15 is 0 Å². The minimum atomic E-state index is -2.88. The van der Waals surface area contributed by atoms with E-state index in [1.807, 2.05) is 6.92 Å². The molecule has 2 aliphatic rings. The fourth-order valence-corrected chi connectivity index (χ4v) is 5.01. The van der Waals surface area contributed by atoms with Crippen molar-refractivity contribution in [3.05, 3.63) is 0 Å². The summed E-state index contributed by atoms with van der Waals surface area (Å²) in [6.07, 6.45) is 1.48. The van der Waals surface area contributed by atoms with Crippen LogP contribution in [-0.4, -0.2) is 11.6 Å². The fraction of sp³-hybridized carbons (Fsp3) is 1.00. The number of halogens is 3. The highest BCUT2D eigenvalue weighted by atomic mass is 19.3. The molecule has 0 aromatic heterocycles. The van der Waals surface area contributed by atoms with Crippen LogP contribution in [-0.2, 0) is 0 Å². The molecule has 0 spiro atoms. The van der Waals surface area contributed by atoms with Gasteiger partial charge in [-0.1, -0.05) is 27.7 Å². The first-order valence-electron chi connectivity index (χ1n) is 7.39. The van der Waals surface area contributed by atoms with Crippen LogP contribution < -0.4 is 0 Å². The van der Waals surface area contributed by atoms with Crippen molar-refractivity contribution in [1.29, 1.82) is 0 Å². The predicted molar refractivity (Wildman–Crippen MR) is 72.0 cm³/mol. The minimum absolute atomic E-state index is 0.0661.